The van der Waals surface area contributed by atoms with Crippen LogP contribution in [0, 0.1) is 13.8 Å². The summed E-state index contributed by atoms with van der Waals surface area (Å²) < 4.78 is 7.90. The van der Waals surface area contributed by atoms with Crippen molar-refractivity contribution in [2.75, 3.05) is 49.6 Å². The Hall–Kier alpha value is -3.88. The van der Waals surface area contributed by atoms with E-state index in [1.165, 1.54) is 28.3 Å². The van der Waals surface area contributed by atoms with Crippen LogP contribution in [0.4, 0.5) is 11.4 Å². The number of nitrogens with one attached hydrogen (secondary N) is 2. The van der Waals surface area contributed by atoms with E-state index in [0.717, 1.165) is 62.3 Å². The van der Waals surface area contributed by atoms with Crippen LogP contribution in [0.3, 0.4) is 0 Å². The normalized spacial score (nSPS) is 18.9. The number of para-hydroxylation sites is 1. The molecule has 0 aliphatic carbocycles. The number of hydrogen-bond acceptors (Lipinski definition) is 5. The van der Waals surface area contributed by atoms with Crippen LogP contribution in [0.5, 0.6) is 0 Å². The van der Waals surface area contributed by atoms with E-state index in [2.05, 4.69) is 106 Å². The summed E-state index contributed by atoms with van der Waals surface area (Å²) in [6.07, 6.45) is 2.83. The molecule has 6 rings (SSSR count). The van der Waals surface area contributed by atoms with Crippen molar-refractivity contribution in [3.8, 4) is 5.69 Å². The molecule has 2 N–H and O–H groups in total. The van der Waals surface area contributed by atoms with E-state index < -0.39 is 0 Å². The maximum atomic E-state index is 5.94. The van der Waals surface area contributed by atoms with Gasteiger partial charge in [-0.3, -0.25) is 4.98 Å². The zero-order chi connectivity index (χ0) is 28.2. The molecule has 0 unspecified atom stereocenters. The fourth-order valence-corrected chi connectivity index (χ4v) is 6.47. The lowest BCUT2D eigenvalue weighted by molar-refractivity contribution is 0.122. The molecule has 0 bridgehead atoms. The summed E-state index contributed by atoms with van der Waals surface area (Å²) in [6, 6.07) is 27.7. The lowest BCUT2D eigenvalue weighted by Gasteiger charge is -2.29. The summed E-state index contributed by atoms with van der Waals surface area (Å²) in [5.41, 5.74) is 8.27. The summed E-state index contributed by atoms with van der Waals surface area (Å²) in [7, 11) is 0. The van der Waals surface area contributed by atoms with E-state index in [9.17, 15) is 0 Å². The standard InChI is InChI=1S/C33H38N6OS/c1-24-23-29(25(2)39(24)28-14-12-27(13-15-28)37-19-21-40-22-20-37)32-31(30-11-6-7-16-35-30)36-33(41)38(32)18-8-17-34-26-9-4-3-5-10-26/h3-7,9-16,23,31-32,34H,8,17-22H2,1-2H3,(H,36,41)/t31-,32-/m0/s1. The average Bonchev–Trinajstić information content (AvgIpc) is 3.50. The number of morpholine rings is 1. The molecule has 2 aliphatic heterocycles. The van der Waals surface area contributed by atoms with Gasteiger partial charge in [0.05, 0.1) is 31.0 Å². The van der Waals surface area contributed by atoms with E-state index in [4.69, 9.17) is 21.9 Å². The van der Waals surface area contributed by atoms with Gasteiger partial charge >= 0.3 is 0 Å². The first-order valence-electron chi connectivity index (χ1n) is 14.5. The van der Waals surface area contributed by atoms with Crippen molar-refractivity contribution >= 4 is 28.7 Å². The minimum Gasteiger partial charge on any atom is -0.385 e. The molecule has 2 aliphatic rings. The Morgan fingerprint density at radius 3 is 2.41 bits per heavy atom. The zero-order valence-corrected chi connectivity index (χ0v) is 24.6. The Labute approximate surface area is 248 Å². The summed E-state index contributed by atoms with van der Waals surface area (Å²) >= 11 is 5.94. The molecule has 0 amide bonds. The van der Waals surface area contributed by atoms with E-state index in [0.29, 0.717) is 0 Å². The minimum atomic E-state index is -0.0246. The van der Waals surface area contributed by atoms with Crippen molar-refractivity contribution in [1.82, 2.24) is 19.8 Å². The zero-order valence-electron chi connectivity index (χ0n) is 23.8. The third-order valence-electron chi connectivity index (χ3n) is 8.15. The number of thiocarbonyl (C=S) groups is 1. The lowest BCUT2D eigenvalue weighted by Crippen LogP contribution is -2.36. The quantitative estimate of drug-likeness (QED) is 0.196. The van der Waals surface area contributed by atoms with Crippen LogP contribution in [-0.4, -0.2) is 59.0 Å². The molecule has 2 atom stereocenters. The molecular formula is C33H38N6OS. The highest BCUT2D eigenvalue weighted by Crippen LogP contribution is 2.41. The summed E-state index contributed by atoms with van der Waals surface area (Å²) in [5.74, 6) is 0. The van der Waals surface area contributed by atoms with E-state index >= 15 is 0 Å². The molecule has 4 heterocycles. The predicted octanol–water partition coefficient (Wildman–Crippen LogP) is 5.80. The molecule has 2 aromatic heterocycles. The van der Waals surface area contributed by atoms with Gasteiger partial charge in [-0.15, -0.1) is 0 Å². The largest absolute Gasteiger partial charge is 0.385 e. The fraction of sp³-hybridized carbons (Fsp3) is 0.333. The topological polar surface area (TPSA) is 57.6 Å². The molecule has 4 aromatic rings. The fourth-order valence-electron chi connectivity index (χ4n) is 6.14. The second kappa shape index (κ2) is 12.3. The summed E-state index contributed by atoms with van der Waals surface area (Å²) in [5, 5.41) is 7.94. The third-order valence-corrected chi connectivity index (χ3v) is 8.50. The molecule has 2 saturated heterocycles. The van der Waals surface area contributed by atoms with Gasteiger partial charge in [0.2, 0.25) is 0 Å². The Morgan fingerprint density at radius 1 is 0.951 bits per heavy atom. The molecule has 0 spiro atoms. The third kappa shape index (κ3) is 5.80. The molecule has 7 nitrogen and oxygen atoms in total. The van der Waals surface area contributed by atoms with E-state index in [1.807, 2.05) is 18.3 Å². The first-order chi connectivity index (χ1) is 20.1. The number of ether oxygens (including phenoxy) is 1. The van der Waals surface area contributed by atoms with Crippen molar-refractivity contribution in [2.24, 2.45) is 0 Å². The molecule has 0 saturated carbocycles. The van der Waals surface area contributed by atoms with Crippen LogP contribution < -0.4 is 15.5 Å². The van der Waals surface area contributed by atoms with Crippen molar-refractivity contribution in [1.29, 1.82) is 0 Å². The number of aromatic nitrogens is 2. The van der Waals surface area contributed by atoms with Gasteiger partial charge in [0, 0.05) is 60.8 Å². The van der Waals surface area contributed by atoms with E-state index in [-0.39, 0.29) is 12.1 Å². The minimum absolute atomic E-state index is 0.0246. The number of aryl methyl sites for hydroxylation is 1. The monoisotopic (exact) mass is 566 g/mol. The summed E-state index contributed by atoms with van der Waals surface area (Å²) in [4.78, 5) is 9.48. The number of pyridine rings is 1. The van der Waals surface area contributed by atoms with Crippen molar-refractivity contribution in [3.05, 3.63) is 108 Å². The molecule has 212 valence electrons. The van der Waals surface area contributed by atoms with Crippen LogP contribution in [-0.2, 0) is 4.74 Å². The van der Waals surface area contributed by atoms with Crippen LogP contribution in [0.1, 0.15) is 41.1 Å². The SMILES string of the molecule is Cc1cc([C@H]2[C@H](c3ccccn3)NC(=S)N2CCCNc2ccccc2)c(C)n1-c1ccc(N2CCOCC2)cc1. The average molecular weight is 567 g/mol. The van der Waals surface area contributed by atoms with Crippen LogP contribution in [0.2, 0.25) is 0 Å². The predicted molar refractivity (Wildman–Crippen MR) is 170 cm³/mol. The van der Waals surface area contributed by atoms with Gasteiger partial charge in [-0.1, -0.05) is 24.3 Å². The molecule has 2 aromatic carbocycles. The smallest absolute Gasteiger partial charge is 0.170 e. The van der Waals surface area contributed by atoms with Crippen molar-refractivity contribution in [2.45, 2.75) is 32.4 Å². The Morgan fingerprint density at radius 2 is 1.68 bits per heavy atom. The van der Waals surface area contributed by atoms with Gasteiger partial charge in [-0.2, -0.15) is 0 Å². The molecule has 8 heteroatoms. The van der Waals surface area contributed by atoms with Crippen LogP contribution >= 0.6 is 12.2 Å². The highest BCUT2D eigenvalue weighted by atomic mass is 32.1. The lowest BCUT2D eigenvalue weighted by atomic mass is 9.96. The maximum Gasteiger partial charge on any atom is 0.170 e. The van der Waals surface area contributed by atoms with Gasteiger partial charge in [0.25, 0.3) is 0 Å². The molecular weight excluding hydrogens is 528 g/mol. The number of anilines is 2. The first-order valence-corrected chi connectivity index (χ1v) is 14.9. The number of nitrogens with zero attached hydrogens (tertiary/aromatic N) is 4. The molecule has 41 heavy (non-hydrogen) atoms. The Bertz CT molecular complexity index is 1450. The highest BCUT2D eigenvalue weighted by molar-refractivity contribution is 7.80. The Balaban J connectivity index is 1.27. The Kier molecular flexibility index (Phi) is 8.21. The molecule has 2 fully saturated rings. The summed E-state index contributed by atoms with van der Waals surface area (Å²) in [6.45, 7) is 9.58. The van der Waals surface area contributed by atoms with Gasteiger partial charge in [-0.05, 0) is 92.6 Å². The van der Waals surface area contributed by atoms with Gasteiger partial charge < -0.3 is 29.7 Å². The number of hydrogen-bond donors (Lipinski definition) is 2. The number of rotatable bonds is 9. The van der Waals surface area contributed by atoms with Crippen LogP contribution in [0.25, 0.3) is 5.69 Å². The van der Waals surface area contributed by atoms with Gasteiger partial charge in [-0.25, -0.2) is 0 Å². The van der Waals surface area contributed by atoms with E-state index in [1.54, 1.807) is 0 Å². The van der Waals surface area contributed by atoms with Crippen LogP contribution in [0.15, 0.2) is 85.1 Å². The maximum absolute atomic E-state index is 5.94. The van der Waals surface area contributed by atoms with Gasteiger partial charge in [0.15, 0.2) is 5.11 Å². The highest BCUT2D eigenvalue weighted by Gasteiger charge is 2.41. The number of benzene rings is 2. The van der Waals surface area contributed by atoms with Gasteiger partial charge in [0.1, 0.15) is 0 Å². The van der Waals surface area contributed by atoms with Crippen molar-refractivity contribution < 1.29 is 4.74 Å². The molecule has 0 radical (unpaired) electrons. The van der Waals surface area contributed by atoms with Crippen molar-refractivity contribution in [3.63, 3.8) is 0 Å². The first kappa shape index (κ1) is 27.3. The second-order valence-electron chi connectivity index (χ2n) is 10.7. The second-order valence-corrected chi connectivity index (χ2v) is 11.1.